The van der Waals surface area contributed by atoms with Crippen LogP contribution in [0.1, 0.15) is 44.9 Å². The fourth-order valence-electron chi connectivity index (χ4n) is 4.20. The monoisotopic (exact) mass is 509 g/mol. The van der Waals surface area contributed by atoms with Gasteiger partial charge in [0.2, 0.25) is 0 Å². The Morgan fingerprint density at radius 3 is 2.50 bits per heavy atom. The van der Waals surface area contributed by atoms with Crippen LogP contribution in [0.3, 0.4) is 0 Å². The van der Waals surface area contributed by atoms with Crippen molar-refractivity contribution in [2.45, 2.75) is 51.0 Å². The van der Waals surface area contributed by atoms with Gasteiger partial charge < -0.3 is 25.8 Å². The molecular weight excluding hydrogens is 473 g/mol. The number of hydrogen-bond acceptors (Lipinski definition) is 7. The molecule has 3 heterocycles. The number of nitrogens with one attached hydrogen (secondary N) is 2. The van der Waals surface area contributed by atoms with E-state index >= 15 is 0 Å². The predicted molar refractivity (Wildman–Crippen MR) is 141 cm³/mol. The highest BCUT2D eigenvalue weighted by atomic mass is 35.5. The van der Waals surface area contributed by atoms with Crippen molar-refractivity contribution in [1.29, 1.82) is 0 Å². The lowest BCUT2D eigenvalue weighted by Crippen LogP contribution is -2.23. The number of ether oxygens (including phenoxy) is 2. The lowest BCUT2D eigenvalue weighted by molar-refractivity contribution is 0.0699. The Morgan fingerprint density at radius 2 is 1.82 bits per heavy atom. The van der Waals surface area contributed by atoms with Crippen molar-refractivity contribution in [3.63, 3.8) is 0 Å². The standard InChI is InChI=1S/C22H28Cl2N4O.C3H9NO/c23-18-6-7-20(25-13-15-8-10-29-11-9-15)28-22(18)17-12-21(26-14-19(17)24)27-16-4-2-1-3-5-16;1-5-3-2-4/h6-7,12,14-16H,1-5,8-11,13H2,(H,25,28)(H,26,27);2-4H2,1H3. The van der Waals surface area contributed by atoms with Gasteiger partial charge in [-0.25, -0.2) is 9.97 Å². The molecule has 9 heteroatoms. The maximum Gasteiger partial charge on any atom is 0.126 e. The van der Waals surface area contributed by atoms with Crippen molar-refractivity contribution in [3.8, 4) is 11.3 Å². The molecule has 1 aliphatic carbocycles. The Morgan fingerprint density at radius 1 is 1.06 bits per heavy atom. The molecule has 0 spiro atoms. The van der Waals surface area contributed by atoms with E-state index in [2.05, 4.69) is 20.4 Å². The van der Waals surface area contributed by atoms with Crippen LogP contribution in [0.15, 0.2) is 24.4 Å². The van der Waals surface area contributed by atoms with Crippen LogP contribution in [-0.4, -0.2) is 56.0 Å². The molecule has 34 heavy (non-hydrogen) atoms. The van der Waals surface area contributed by atoms with E-state index in [1.807, 2.05) is 18.2 Å². The van der Waals surface area contributed by atoms with E-state index < -0.39 is 0 Å². The second-order valence-electron chi connectivity index (χ2n) is 8.77. The molecule has 2 fully saturated rings. The summed E-state index contributed by atoms with van der Waals surface area (Å²) in [7, 11) is 1.63. The minimum Gasteiger partial charge on any atom is -0.383 e. The number of hydrogen-bond donors (Lipinski definition) is 3. The molecule has 188 valence electrons. The number of aromatic nitrogens is 2. The summed E-state index contributed by atoms with van der Waals surface area (Å²) in [6.45, 7) is 3.86. The second kappa shape index (κ2) is 14.7. The van der Waals surface area contributed by atoms with Gasteiger partial charge in [-0.05, 0) is 49.8 Å². The number of rotatable bonds is 8. The van der Waals surface area contributed by atoms with E-state index in [9.17, 15) is 0 Å². The third-order valence-corrected chi connectivity index (χ3v) is 6.75. The molecule has 0 amide bonds. The van der Waals surface area contributed by atoms with Gasteiger partial charge in [-0.1, -0.05) is 42.5 Å². The molecule has 0 aromatic carbocycles. The van der Waals surface area contributed by atoms with E-state index in [0.29, 0.717) is 40.9 Å². The van der Waals surface area contributed by atoms with Crippen molar-refractivity contribution in [2.24, 2.45) is 11.7 Å². The summed E-state index contributed by atoms with van der Waals surface area (Å²) < 4.78 is 10.0. The molecule has 1 aliphatic heterocycles. The molecule has 0 atom stereocenters. The van der Waals surface area contributed by atoms with E-state index in [-0.39, 0.29) is 0 Å². The van der Waals surface area contributed by atoms with Crippen LogP contribution in [0, 0.1) is 5.92 Å². The van der Waals surface area contributed by atoms with E-state index in [1.165, 1.54) is 32.1 Å². The van der Waals surface area contributed by atoms with E-state index in [1.54, 1.807) is 13.3 Å². The average Bonchev–Trinajstić information content (AvgIpc) is 2.87. The smallest absolute Gasteiger partial charge is 0.126 e. The van der Waals surface area contributed by atoms with Crippen LogP contribution in [0.4, 0.5) is 11.6 Å². The quantitative estimate of drug-likeness (QED) is 0.424. The van der Waals surface area contributed by atoms with Gasteiger partial charge in [0.1, 0.15) is 11.6 Å². The number of anilines is 2. The minimum absolute atomic E-state index is 0.473. The molecular formula is C25H37Cl2N5O2. The van der Waals surface area contributed by atoms with Crippen molar-refractivity contribution in [2.75, 3.05) is 50.7 Å². The summed E-state index contributed by atoms with van der Waals surface area (Å²) in [5.41, 5.74) is 6.50. The van der Waals surface area contributed by atoms with Crippen LogP contribution in [-0.2, 0) is 9.47 Å². The summed E-state index contributed by atoms with van der Waals surface area (Å²) in [5.74, 6) is 2.25. The third-order valence-electron chi connectivity index (χ3n) is 6.15. The highest BCUT2D eigenvalue weighted by Crippen LogP contribution is 2.34. The maximum absolute atomic E-state index is 6.49. The number of nitrogens with zero attached hydrogens (tertiary/aromatic N) is 2. The Bertz CT molecular complexity index is 872. The van der Waals surface area contributed by atoms with Gasteiger partial charge in [0.05, 0.1) is 22.3 Å². The summed E-state index contributed by atoms with van der Waals surface area (Å²) >= 11 is 13.0. The molecule has 1 saturated heterocycles. The van der Waals surface area contributed by atoms with Crippen molar-refractivity contribution < 1.29 is 9.47 Å². The fourth-order valence-corrected chi connectivity index (χ4v) is 4.60. The predicted octanol–water partition coefficient (Wildman–Crippen LogP) is 5.63. The molecule has 0 radical (unpaired) electrons. The first-order chi connectivity index (χ1) is 16.6. The summed E-state index contributed by atoms with van der Waals surface area (Å²) in [5, 5.41) is 8.14. The van der Waals surface area contributed by atoms with Gasteiger partial charge in [0.15, 0.2) is 0 Å². The highest BCUT2D eigenvalue weighted by molar-refractivity contribution is 6.36. The van der Waals surface area contributed by atoms with Gasteiger partial charge in [0.25, 0.3) is 0 Å². The molecule has 0 unspecified atom stereocenters. The van der Waals surface area contributed by atoms with Crippen LogP contribution in [0.25, 0.3) is 11.3 Å². The zero-order valence-corrected chi connectivity index (χ0v) is 21.5. The number of nitrogens with two attached hydrogens (primary N) is 1. The Balaban J connectivity index is 0.000000588. The zero-order chi connectivity index (χ0) is 24.2. The van der Waals surface area contributed by atoms with Crippen molar-refractivity contribution in [1.82, 2.24) is 9.97 Å². The molecule has 2 aliphatic rings. The summed E-state index contributed by atoms with van der Waals surface area (Å²) in [4.78, 5) is 9.23. The SMILES string of the molecule is COCCN.Clc1cnc(NC2CCCCC2)cc1-c1nc(NCC2CCOCC2)ccc1Cl. The maximum atomic E-state index is 6.49. The molecule has 2 aromatic rings. The molecule has 1 saturated carbocycles. The Kier molecular flexibility index (Phi) is 11.6. The number of methoxy groups -OCH3 is 1. The van der Waals surface area contributed by atoms with E-state index in [4.69, 9.17) is 38.7 Å². The first-order valence-electron chi connectivity index (χ1n) is 12.2. The summed E-state index contributed by atoms with van der Waals surface area (Å²) in [6, 6.07) is 6.23. The minimum atomic E-state index is 0.473. The fraction of sp³-hybridized carbons (Fsp3) is 0.600. The molecule has 7 nitrogen and oxygen atoms in total. The van der Waals surface area contributed by atoms with E-state index in [0.717, 1.165) is 49.8 Å². The van der Waals surface area contributed by atoms with Crippen LogP contribution in [0.2, 0.25) is 10.0 Å². The van der Waals surface area contributed by atoms with Crippen molar-refractivity contribution >= 4 is 34.8 Å². The number of halogens is 2. The second-order valence-corrected chi connectivity index (χ2v) is 9.59. The first kappa shape index (κ1) is 27.0. The first-order valence-corrected chi connectivity index (χ1v) is 13.0. The van der Waals surface area contributed by atoms with Gasteiger partial charge in [-0.15, -0.1) is 0 Å². The van der Waals surface area contributed by atoms with Crippen LogP contribution >= 0.6 is 23.2 Å². The van der Waals surface area contributed by atoms with Gasteiger partial charge >= 0.3 is 0 Å². The van der Waals surface area contributed by atoms with Crippen LogP contribution in [0.5, 0.6) is 0 Å². The van der Waals surface area contributed by atoms with Crippen LogP contribution < -0.4 is 16.4 Å². The zero-order valence-electron chi connectivity index (χ0n) is 20.0. The van der Waals surface area contributed by atoms with Gasteiger partial charge in [0, 0.05) is 51.2 Å². The Hall–Kier alpha value is -1.64. The molecule has 0 bridgehead atoms. The number of pyridine rings is 2. The average molecular weight is 511 g/mol. The lowest BCUT2D eigenvalue weighted by atomic mass is 9.95. The molecule has 2 aromatic heterocycles. The van der Waals surface area contributed by atoms with Crippen molar-refractivity contribution in [3.05, 3.63) is 34.4 Å². The lowest BCUT2D eigenvalue weighted by Gasteiger charge is -2.23. The highest BCUT2D eigenvalue weighted by Gasteiger charge is 2.17. The topological polar surface area (TPSA) is 94.3 Å². The Labute approximate surface area is 213 Å². The summed E-state index contributed by atoms with van der Waals surface area (Å²) in [6.07, 6.45) is 10.1. The molecule has 4 N–H and O–H groups in total. The van der Waals surface area contributed by atoms with Gasteiger partial charge in [-0.3, -0.25) is 0 Å². The molecule has 4 rings (SSSR count). The van der Waals surface area contributed by atoms with Gasteiger partial charge in [-0.2, -0.15) is 0 Å². The normalized spacial score (nSPS) is 17.1. The largest absolute Gasteiger partial charge is 0.383 e. The third kappa shape index (κ3) is 8.54.